The van der Waals surface area contributed by atoms with Crippen molar-refractivity contribution in [1.29, 1.82) is 0 Å². The average Bonchev–Trinajstić information content (AvgIpc) is 2.55. The van der Waals surface area contributed by atoms with Crippen LogP contribution in [0.3, 0.4) is 0 Å². The third kappa shape index (κ3) is 3.67. The van der Waals surface area contributed by atoms with Crippen LogP contribution in [0.1, 0.15) is 26.7 Å². The molecule has 0 aliphatic carbocycles. The lowest BCUT2D eigenvalue weighted by Gasteiger charge is -2.14. The van der Waals surface area contributed by atoms with Crippen molar-refractivity contribution in [1.82, 2.24) is 4.98 Å². The minimum atomic E-state index is -0.486. The quantitative estimate of drug-likeness (QED) is 0.865. The Morgan fingerprint density at radius 3 is 2.84 bits per heavy atom. The van der Waals surface area contributed by atoms with Gasteiger partial charge in [-0.2, -0.15) is 0 Å². The molecule has 5 nitrogen and oxygen atoms in total. The highest BCUT2D eigenvalue weighted by atomic mass is 35.5. The van der Waals surface area contributed by atoms with Crippen molar-refractivity contribution in [2.75, 3.05) is 5.32 Å². The van der Waals surface area contributed by atoms with Gasteiger partial charge in [0.15, 0.2) is 0 Å². The highest BCUT2D eigenvalue weighted by Gasteiger charge is 2.40. The fourth-order valence-corrected chi connectivity index (χ4v) is 2.21. The van der Waals surface area contributed by atoms with Crippen molar-refractivity contribution in [3.05, 3.63) is 23.4 Å². The largest absolute Gasteiger partial charge is 0.459 e. The van der Waals surface area contributed by atoms with Gasteiger partial charge in [0.1, 0.15) is 11.4 Å². The number of carbonyl (C=O) groups excluding carboxylic acids is 2. The van der Waals surface area contributed by atoms with Crippen molar-refractivity contribution in [3.8, 4) is 0 Å². The van der Waals surface area contributed by atoms with Crippen LogP contribution in [-0.4, -0.2) is 22.5 Å². The van der Waals surface area contributed by atoms with Crippen LogP contribution in [0.4, 0.5) is 5.82 Å². The van der Waals surface area contributed by atoms with Crippen LogP contribution in [0.2, 0.25) is 5.02 Å². The van der Waals surface area contributed by atoms with E-state index >= 15 is 0 Å². The van der Waals surface area contributed by atoms with E-state index in [9.17, 15) is 9.59 Å². The third-order valence-corrected chi connectivity index (χ3v) is 3.10. The molecule has 0 spiro atoms. The summed E-state index contributed by atoms with van der Waals surface area (Å²) >= 11 is 5.70. The van der Waals surface area contributed by atoms with Gasteiger partial charge < -0.3 is 10.1 Å². The summed E-state index contributed by atoms with van der Waals surface area (Å²) in [6.45, 7) is 3.67. The lowest BCUT2D eigenvalue weighted by molar-refractivity contribution is -0.149. The number of hydrogen-bond acceptors (Lipinski definition) is 4. The Morgan fingerprint density at radius 2 is 2.32 bits per heavy atom. The molecule has 1 aliphatic rings. The highest BCUT2D eigenvalue weighted by Crippen LogP contribution is 2.32. The second-order valence-electron chi connectivity index (χ2n) is 5.20. The van der Waals surface area contributed by atoms with Gasteiger partial charge in [0.25, 0.3) is 0 Å². The Morgan fingerprint density at radius 1 is 1.58 bits per heavy atom. The van der Waals surface area contributed by atoms with Crippen molar-refractivity contribution in [2.45, 2.75) is 32.3 Å². The van der Waals surface area contributed by atoms with E-state index in [1.165, 1.54) is 6.20 Å². The molecular weight excluding hydrogens is 268 g/mol. The highest BCUT2D eigenvalue weighted by molar-refractivity contribution is 6.30. The van der Waals surface area contributed by atoms with Gasteiger partial charge in [0.2, 0.25) is 5.91 Å². The number of ether oxygens (including phenoxy) is 1. The number of esters is 1. The lowest BCUT2D eigenvalue weighted by atomic mass is 9.95. The molecule has 1 atom stereocenters. The van der Waals surface area contributed by atoms with E-state index in [4.69, 9.17) is 16.3 Å². The maximum Gasteiger partial charge on any atom is 0.310 e. The minimum Gasteiger partial charge on any atom is -0.459 e. The smallest absolute Gasteiger partial charge is 0.310 e. The molecule has 1 aromatic rings. The third-order valence-electron chi connectivity index (χ3n) is 2.87. The van der Waals surface area contributed by atoms with E-state index in [0.717, 1.165) is 0 Å². The second-order valence-corrected chi connectivity index (χ2v) is 5.63. The summed E-state index contributed by atoms with van der Waals surface area (Å²) < 4.78 is 5.18. The maximum atomic E-state index is 11.8. The Balaban J connectivity index is 1.91. The molecule has 2 rings (SSSR count). The van der Waals surface area contributed by atoms with Gasteiger partial charge in [-0.3, -0.25) is 9.59 Å². The van der Waals surface area contributed by atoms with E-state index < -0.39 is 5.60 Å². The summed E-state index contributed by atoms with van der Waals surface area (Å²) in [5.74, 6) is -0.541. The van der Waals surface area contributed by atoms with Crippen LogP contribution in [0.5, 0.6) is 0 Å². The topological polar surface area (TPSA) is 68.3 Å². The maximum absolute atomic E-state index is 11.8. The first kappa shape index (κ1) is 13.8. The number of rotatable bonds is 3. The Bertz CT molecular complexity index is 499. The molecule has 1 N–H and O–H groups in total. The first-order valence-corrected chi connectivity index (χ1v) is 6.38. The lowest BCUT2D eigenvalue weighted by Crippen LogP contribution is -2.20. The van der Waals surface area contributed by atoms with Crippen LogP contribution >= 0.6 is 11.6 Å². The van der Waals surface area contributed by atoms with Crippen LogP contribution < -0.4 is 5.32 Å². The number of pyridine rings is 1. The molecule has 0 saturated carbocycles. The standard InChI is InChI=1S/C13H15ClN2O3/c1-13(2)6-8(12(18)19-13)5-11(17)16-10-4-3-9(14)7-15-10/h3-4,7-8H,5-6H2,1-2H3,(H,15,16,17)/t8-/m0/s1. The van der Waals surface area contributed by atoms with Crippen molar-refractivity contribution in [3.63, 3.8) is 0 Å². The number of hydrogen-bond donors (Lipinski definition) is 1. The summed E-state index contributed by atoms with van der Waals surface area (Å²) in [6.07, 6.45) is 2.10. The van der Waals surface area contributed by atoms with E-state index in [1.807, 2.05) is 13.8 Å². The van der Waals surface area contributed by atoms with Gasteiger partial charge in [-0.15, -0.1) is 0 Å². The molecule has 0 bridgehead atoms. The molecule has 0 radical (unpaired) electrons. The van der Waals surface area contributed by atoms with Crippen LogP contribution in [0, 0.1) is 5.92 Å². The van der Waals surface area contributed by atoms with Gasteiger partial charge in [0, 0.05) is 19.0 Å². The summed E-state index contributed by atoms with van der Waals surface area (Å²) in [5.41, 5.74) is -0.486. The molecule has 6 heteroatoms. The molecule has 2 heterocycles. The summed E-state index contributed by atoms with van der Waals surface area (Å²) in [5, 5.41) is 3.13. The zero-order chi connectivity index (χ0) is 14.0. The van der Waals surface area contributed by atoms with Crippen LogP contribution in [-0.2, 0) is 14.3 Å². The summed E-state index contributed by atoms with van der Waals surface area (Å²) in [7, 11) is 0. The number of halogens is 1. The average molecular weight is 283 g/mol. The first-order chi connectivity index (χ1) is 8.85. The molecule has 102 valence electrons. The van der Waals surface area contributed by atoms with E-state index in [-0.39, 0.29) is 24.2 Å². The van der Waals surface area contributed by atoms with Crippen molar-refractivity contribution < 1.29 is 14.3 Å². The summed E-state index contributed by atoms with van der Waals surface area (Å²) in [4.78, 5) is 27.4. The molecule has 0 aromatic carbocycles. The van der Waals surface area contributed by atoms with Gasteiger partial charge in [-0.1, -0.05) is 11.6 Å². The fraction of sp³-hybridized carbons (Fsp3) is 0.462. The number of anilines is 1. The number of aromatic nitrogens is 1. The minimum absolute atomic E-state index is 0.104. The number of amides is 1. The van der Waals surface area contributed by atoms with Gasteiger partial charge in [-0.05, 0) is 26.0 Å². The zero-order valence-corrected chi connectivity index (χ0v) is 11.5. The molecule has 1 amide bonds. The van der Waals surface area contributed by atoms with E-state index in [0.29, 0.717) is 17.3 Å². The Labute approximate surface area is 116 Å². The van der Waals surface area contributed by atoms with Gasteiger partial charge >= 0.3 is 5.97 Å². The molecular formula is C13H15ClN2O3. The second kappa shape index (κ2) is 5.17. The number of cyclic esters (lactones) is 1. The monoisotopic (exact) mass is 282 g/mol. The van der Waals surface area contributed by atoms with Gasteiger partial charge in [0.05, 0.1) is 10.9 Å². The molecule has 1 aromatic heterocycles. The SMILES string of the molecule is CC1(C)C[C@H](CC(=O)Nc2ccc(Cl)cn2)C(=O)O1. The number of carbonyl (C=O) groups is 2. The normalized spacial score (nSPS) is 21.0. The molecule has 1 fully saturated rings. The number of nitrogens with zero attached hydrogens (tertiary/aromatic N) is 1. The van der Waals surface area contributed by atoms with Crippen LogP contribution in [0.15, 0.2) is 18.3 Å². The summed E-state index contributed by atoms with van der Waals surface area (Å²) in [6, 6.07) is 3.24. The zero-order valence-electron chi connectivity index (χ0n) is 10.8. The predicted octanol–water partition coefficient (Wildman–Crippen LogP) is 2.41. The predicted molar refractivity (Wildman–Crippen MR) is 70.8 cm³/mol. The number of nitrogens with one attached hydrogen (secondary N) is 1. The van der Waals surface area contributed by atoms with E-state index in [1.54, 1.807) is 12.1 Å². The molecule has 0 unspecified atom stereocenters. The Kier molecular flexibility index (Phi) is 3.75. The molecule has 1 saturated heterocycles. The molecule has 19 heavy (non-hydrogen) atoms. The van der Waals surface area contributed by atoms with Crippen LogP contribution in [0.25, 0.3) is 0 Å². The Hall–Kier alpha value is -1.62. The first-order valence-electron chi connectivity index (χ1n) is 6.00. The van der Waals surface area contributed by atoms with E-state index in [2.05, 4.69) is 10.3 Å². The van der Waals surface area contributed by atoms with Crippen molar-refractivity contribution in [2.24, 2.45) is 5.92 Å². The fourth-order valence-electron chi connectivity index (χ4n) is 2.10. The van der Waals surface area contributed by atoms with Crippen molar-refractivity contribution >= 4 is 29.3 Å². The van der Waals surface area contributed by atoms with Gasteiger partial charge in [-0.25, -0.2) is 4.98 Å². The molecule has 1 aliphatic heterocycles.